The number of nitrogens with two attached hydrogens (primary N) is 1. The fourth-order valence-corrected chi connectivity index (χ4v) is 3.47. The Morgan fingerprint density at radius 2 is 2.19 bits per heavy atom. The van der Waals surface area contributed by atoms with E-state index in [1.807, 2.05) is 22.9 Å². The van der Waals surface area contributed by atoms with Crippen molar-refractivity contribution < 1.29 is 4.79 Å². The minimum absolute atomic E-state index is 0.0370. The zero-order valence-electron chi connectivity index (χ0n) is 12.6. The highest BCUT2D eigenvalue weighted by Gasteiger charge is 2.17. The van der Waals surface area contributed by atoms with Crippen molar-refractivity contribution in [3.63, 3.8) is 0 Å². The van der Waals surface area contributed by atoms with Crippen molar-refractivity contribution in [1.29, 1.82) is 0 Å². The number of hydrogen-bond acceptors (Lipinski definition) is 5. The molecule has 2 rings (SSSR count). The van der Waals surface area contributed by atoms with Gasteiger partial charge in [0.1, 0.15) is 10.7 Å². The topological polar surface area (TPSA) is 59.2 Å². The number of aromatic nitrogens is 1. The Kier molecular flexibility index (Phi) is 5.50. The third-order valence-corrected chi connectivity index (χ3v) is 5.34. The van der Waals surface area contributed by atoms with Crippen LogP contribution in [0.15, 0.2) is 22.9 Å². The van der Waals surface area contributed by atoms with Gasteiger partial charge in [-0.25, -0.2) is 4.98 Å². The van der Waals surface area contributed by atoms with Crippen LogP contribution in [0.3, 0.4) is 0 Å². The van der Waals surface area contributed by atoms with Crippen molar-refractivity contribution in [2.24, 2.45) is 11.7 Å². The maximum atomic E-state index is 12.3. The van der Waals surface area contributed by atoms with E-state index in [0.29, 0.717) is 18.2 Å². The molecule has 0 bridgehead atoms. The zero-order valence-corrected chi connectivity index (χ0v) is 14.2. The van der Waals surface area contributed by atoms with Gasteiger partial charge in [-0.3, -0.25) is 4.79 Å². The monoisotopic (exact) mass is 323 g/mol. The van der Waals surface area contributed by atoms with Gasteiger partial charge in [-0.15, -0.1) is 22.7 Å². The fourth-order valence-electron chi connectivity index (χ4n) is 1.86. The molecule has 6 heteroatoms. The highest BCUT2D eigenvalue weighted by atomic mass is 32.1. The normalized spacial score (nSPS) is 12.6. The summed E-state index contributed by atoms with van der Waals surface area (Å²) < 4.78 is 0. The lowest BCUT2D eigenvalue weighted by Gasteiger charge is -2.20. The van der Waals surface area contributed by atoms with E-state index in [-0.39, 0.29) is 11.9 Å². The van der Waals surface area contributed by atoms with Gasteiger partial charge in [-0.1, -0.05) is 19.9 Å². The average Bonchev–Trinajstić information content (AvgIpc) is 3.12. The molecule has 0 spiro atoms. The van der Waals surface area contributed by atoms with Crippen molar-refractivity contribution >= 4 is 28.6 Å². The van der Waals surface area contributed by atoms with E-state index >= 15 is 0 Å². The molecule has 1 unspecified atom stereocenters. The molecule has 1 amide bonds. The minimum Gasteiger partial charge on any atom is -0.340 e. The summed E-state index contributed by atoms with van der Waals surface area (Å²) in [5.74, 6) is 0.392. The summed E-state index contributed by atoms with van der Waals surface area (Å²) in [6.07, 6.45) is 0.807. The van der Waals surface area contributed by atoms with Crippen LogP contribution in [0.5, 0.6) is 0 Å². The molecule has 0 fully saturated rings. The summed E-state index contributed by atoms with van der Waals surface area (Å²) in [6.45, 7) is 4.85. The number of carbonyl (C=O) groups is 1. The second kappa shape index (κ2) is 7.15. The van der Waals surface area contributed by atoms with Crippen LogP contribution < -0.4 is 5.73 Å². The van der Waals surface area contributed by atoms with Crippen LogP contribution in [-0.4, -0.2) is 35.4 Å². The molecular formula is C15H21N3OS2. The lowest BCUT2D eigenvalue weighted by molar-refractivity contribution is 0.0784. The largest absolute Gasteiger partial charge is 0.340 e. The Morgan fingerprint density at radius 1 is 1.43 bits per heavy atom. The third kappa shape index (κ3) is 4.12. The predicted molar refractivity (Wildman–Crippen MR) is 89.8 cm³/mol. The van der Waals surface area contributed by atoms with Gasteiger partial charge in [0.2, 0.25) is 0 Å². The second-order valence-corrected chi connectivity index (χ2v) is 7.24. The van der Waals surface area contributed by atoms with E-state index in [0.717, 1.165) is 16.3 Å². The van der Waals surface area contributed by atoms with Crippen molar-refractivity contribution in [3.8, 4) is 9.88 Å². The Hall–Kier alpha value is -1.24. The van der Waals surface area contributed by atoms with Crippen LogP contribution in [-0.2, 0) is 0 Å². The number of amides is 1. The van der Waals surface area contributed by atoms with Gasteiger partial charge in [0.25, 0.3) is 5.91 Å². The summed E-state index contributed by atoms with van der Waals surface area (Å²) in [7, 11) is 1.81. The molecule has 0 saturated heterocycles. The van der Waals surface area contributed by atoms with Crippen molar-refractivity contribution in [1.82, 2.24) is 9.88 Å². The van der Waals surface area contributed by atoms with Crippen LogP contribution in [0.2, 0.25) is 0 Å². The summed E-state index contributed by atoms with van der Waals surface area (Å²) in [5.41, 5.74) is 6.54. The Balaban J connectivity index is 1.96. The van der Waals surface area contributed by atoms with Gasteiger partial charge in [0, 0.05) is 25.0 Å². The molecule has 0 aromatic carbocycles. The molecule has 0 aliphatic heterocycles. The molecule has 2 heterocycles. The first-order chi connectivity index (χ1) is 9.99. The Morgan fingerprint density at radius 3 is 2.81 bits per heavy atom. The smallest absolute Gasteiger partial charge is 0.273 e. The number of nitrogens with zero attached hydrogens (tertiary/aromatic N) is 2. The molecule has 0 aliphatic carbocycles. The van der Waals surface area contributed by atoms with E-state index in [4.69, 9.17) is 5.73 Å². The molecule has 0 saturated carbocycles. The van der Waals surface area contributed by atoms with Gasteiger partial charge in [-0.2, -0.15) is 0 Å². The van der Waals surface area contributed by atoms with E-state index in [9.17, 15) is 4.79 Å². The van der Waals surface area contributed by atoms with Gasteiger partial charge in [0.15, 0.2) is 0 Å². The van der Waals surface area contributed by atoms with Crippen LogP contribution in [0.1, 0.15) is 30.8 Å². The van der Waals surface area contributed by atoms with Gasteiger partial charge >= 0.3 is 0 Å². The molecule has 0 radical (unpaired) electrons. The molecule has 21 heavy (non-hydrogen) atoms. The van der Waals surface area contributed by atoms with Crippen molar-refractivity contribution in [3.05, 3.63) is 28.6 Å². The third-order valence-electron chi connectivity index (χ3n) is 3.46. The SMILES string of the molecule is CC(C)C(N)CCN(C)C(=O)c1csc(-c2cccs2)n1. The van der Waals surface area contributed by atoms with Crippen molar-refractivity contribution in [2.75, 3.05) is 13.6 Å². The molecule has 2 aromatic rings. The standard InChI is InChI=1S/C15H21N3OS2/c1-10(2)11(16)6-7-18(3)15(19)12-9-21-14(17-12)13-5-4-8-20-13/h4-5,8-11H,6-7,16H2,1-3H3. The Labute approximate surface area is 133 Å². The van der Waals surface area contributed by atoms with E-state index in [2.05, 4.69) is 18.8 Å². The van der Waals surface area contributed by atoms with Gasteiger partial charge < -0.3 is 10.6 Å². The highest BCUT2D eigenvalue weighted by Crippen LogP contribution is 2.28. The van der Waals surface area contributed by atoms with Gasteiger partial charge in [0.05, 0.1) is 4.88 Å². The molecule has 2 aromatic heterocycles. The number of carbonyl (C=O) groups excluding carboxylic acids is 1. The number of hydrogen-bond donors (Lipinski definition) is 1. The first-order valence-corrected chi connectivity index (χ1v) is 8.75. The first kappa shape index (κ1) is 16.1. The van der Waals surface area contributed by atoms with Gasteiger partial charge in [-0.05, 0) is 23.8 Å². The van der Waals surface area contributed by atoms with Crippen LogP contribution in [0.25, 0.3) is 9.88 Å². The lowest BCUT2D eigenvalue weighted by Crippen LogP contribution is -2.34. The number of rotatable bonds is 6. The fraction of sp³-hybridized carbons (Fsp3) is 0.467. The Bertz CT molecular complexity index is 578. The van der Waals surface area contributed by atoms with E-state index < -0.39 is 0 Å². The highest BCUT2D eigenvalue weighted by molar-refractivity contribution is 7.20. The maximum Gasteiger partial charge on any atom is 0.273 e. The second-order valence-electron chi connectivity index (χ2n) is 5.44. The van der Waals surface area contributed by atoms with Crippen LogP contribution >= 0.6 is 22.7 Å². The molecule has 1 atom stereocenters. The maximum absolute atomic E-state index is 12.3. The zero-order chi connectivity index (χ0) is 15.4. The first-order valence-electron chi connectivity index (χ1n) is 6.99. The summed E-state index contributed by atoms with van der Waals surface area (Å²) in [4.78, 5) is 19.6. The molecule has 114 valence electrons. The number of thiazole rings is 1. The molecular weight excluding hydrogens is 302 g/mol. The van der Waals surface area contributed by atoms with E-state index in [1.54, 1.807) is 23.3 Å². The summed E-state index contributed by atoms with van der Waals surface area (Å²) in [6, 6.07) is 4.13. The average molecular weight is 323 g/mol. The quantitative estimate of drug-likeness (QED) is 0.887. The summed E-state index contributed by atoms with van der Waals surface area (Å²) >= 11 is 3.14. The van der Waals surface area contributed by atoms with Crippen LogP contribution in [0, 0.1) is 5.92 Å². The predicted octanol–water partition coefficient (Wildman–Crippen LogP) is 3.32. The minimum atomic E-state index is -0.0370. The molecule has 0 aliphatic rings. The van der Waals surface area contributed by atoms with Crippen LogP contribution in [0.4, 0.5) is 0 Å². The molecule has 2 N–H and O–H groups in total. The number of thiophene rings is 1. The molecule has 4 nitrogen and oxygen atoms in total. The lowest BCUT2D eigenvalue weighted by atomic mass is 10.0. The summed E-state index contributed by atoms with van der Waals surface area (Å²) in [5, 5.41) is 4.74. The van der Waals surface area contributed by atoms with E-state index in [1.165, 1.54) is 11.3 Å². The van der Waals surface area contributed by atoms with Crippen molar-refractivity contribution in [2.45, 2.75) is 26.3 Å².